The van der Waals surface area contributed by atoms with Crippen LogP contribution in [0.25, 0.3) is 0 Å². The number of amides is 3. The molecule has 158 valence electrons. The van der Waals surface area contributed by atoms with E-state index in [2.05, 4.69) is 10.6 Å². The van der Waals surface area contributed by atoms with Crippen LogP contribution in [-0.2, 0) is 14.3 Å². The number of esters is 1. The molecular formula is C25H24N2O4. The Kier molecular flexibility index (Phi) is 7.54. The molecule has 1 atom stereocenters. The molecule has 0 aliphatic rings. The minimum atomic E-state index is -1.27. The lowest BCUT2D eigenvalue weighted by molar-refractivity contribution is -0.156. The molecule has 3 amide bonds. The fourth-order valence-electron chi connectivity index (χ4n) is 3.22. The molecule has 31 heavy (non-hydrogen) atoms. The van der Waals surface area contributed by atoms with Crippen LogP contribution in [0.15, 0.2) is 91.0 Å². The highest BCUT2D eigenvalue weighted by Crippen LogP contribution is 2.29. The van der Waals surface area contributed by atoms with Gasteiger partial charge in [-0.1, -0.05) is 91.0 Å². The molecule has 0 saturated carbocycles. The van der Waals surface area contributed by atoms with E-state index < -0.39 is 29.9 Å². The highest BCUT2D eigenvalue weighted by atomic mass is 16.5. The van der Waals surface area contributed by atoms with E-state index in [0.29, 0.717) is 12.1 Å². The van der Waals surface area contributed by atoms with Gasteiger partial charge in [0.05, 0.1) is 0 Å². The molecule has 0 aliphatic carbocycles. The van der Waals surface area contributed by atoms with E-state index in [1.54, 1.807) is 37.3 Å². The van der Waals surface area contributed by atoms with Crippen LogP contribution >= 0.6 is 0 Å². The summed E-state index contributed by atoms with van der Waals surface area (Å²) in [5.41, 5.74) is 1.96. The third-order valence-corrected chi connectivity index (χ3v) is 4.65. The Balaban J connectivity index is 1.92. The molecule has 2 N–H and O–H groups in total. The SMILES string of the molecule is CCNC(=O)NC(=O)[C@@H](OC(=O)C(c1ccccc1)c1ccccc1)c1ccccc1. The summed E-state index contributed by atoms with van der Waals surface area (Å²) in [6.45, 7) is 2.10. The Hall–Kier alpha value is -3.93. The van der Waals surface area contributed by atoms with Crippen molar-refractivity contribution >= 4 is 17.9 Å². The summed E-state index contributed by atoms with van der Waals surface area (Å²) in [4.78, 5) is 38.0. The van der Waals surface area contributed by atoms with E-state index in [4.69, 9.17) is 4.74 Å². The number of rotatable bonds is 7. The molecule has 3 aromatic carbocycles. The predicted molar refractivity (Wildman–Crippen MR) is 117 cm³/mol. The molecule has 0 aromatic heterocycles. The zero-order chi connectivity index (χ0) is 22.1. The number of imide groups is 1. The number of carbonyl (C=O) groups excluding carboxylic acids is 3. The summed E-state index contributed by atoms with van der Waals surface area (Å²) in [7, 11) is 0. The van der Waals surface area contributed by atoms with Crippen LogP contribution in [0.5, 0.6) is 0 Å². The number of carbonyl (C=O) groups is 3. The second-order valence-corrected chi connectivity index (χ2v) is 6.83. The van der Waals surface area contributed by atoms with Crippen molar-refractivity contribution < 1.29 is 19.1 Å². The third kappa shape index (κ3) is 5.79. The third-order valence-electron chi connectivity index (χ3n) is 4.65. The van der Waals surface area contributed by atoms with Crippen LogP contribution in [0.1, 0.15) is 35.6 Å². The zero-order valence-corrected chi connectivity index (χ0v) is 17.2. The molecule has 0 saturated heterocycles. The maximum absolute atomic E-state index is 13.3. The number of ether oxygens (including phenoxy) is 1. The van der Waals surface area contributed by atoms with Gasteiger partial charge in [-0.05, 0) is 18.1 Å². The molecule has 0 heterocycles. The summed E-state index contributed by atoms with van der Waals surface area (Å²) in [5.74, 6) is -2.02. The van der Waals surface area contributed by atoms with Gasteiger partial charge in [-0.3, -0.25) is 14.9 Å². The van der Waals surface area contributed by atoms with Crippen molar-refractivity contribution in [3.63, 3.8) is 0 Å². The zero-order valence-electron chi connectivity index (χ0n) is 17.2. The molecule has 3 aromatic rings. The number of nitrogens with one attached hydrogen (secondary N) is 2. The summed E-state index contributed by atoms with van der Waals surface area (Å²) in [6, 6.07) is 26.4. The Morgan fingerprint density at radius 3 is 1.65 bits per heavy atom. The predicted octanol–water partition coefficient (Wildman–Crippen LogP) is 3.95. The molecule has 0 unspecified atom stereocenters. The van der Waals surface area contributed by atoms with E-state index in [0.717, 1.165) is 11.1 Å². The first kappa shape index (κ1) is 21.8. The van der Waals surface area contributed by atoms with Crippen molar-refractivity contribution in [2.45, 2.75) is 18.9 Å². The van der Waals surface area contributed by atoms with Gasteiger partial charge in [0.2, 0.25) is 6.10 Å². The monoisotopic (exact) mass is 416 g/mol. The van der Waals surface area contributed by atoms with Gasteiger partial charge in [0.1, 0.15) is 5.92 Å². The highest BCUT2D eigenvalue weighted by molar-refractivity contribution is 5.98. The second kappa shape index (κ2) is 10.7. The molecule has 0 radical (unpaired) electrons. The van der Waals surface area contributed by atoms with Crippen molar-refractivity contribution in [3.8, 4) is 0 Å². The second-order valence-electron chi connectivity index (χ2n) is 6.83. The smallest absolute Gasteiger partial charge is 0.321 e. The largest absolute Gasteiger partial charge is 0.447 e. The van der Waals surface area contributed by atoms with E-state index in [-0.39, 0.29) is 0 Å². The van der Waals surface area contributed by atoms with Gasteiger partial charge >= 0.3 is 12.0 Å². The van der Waals surface area contributed by atoms with Gasteiger partial charge in [0.15, 0.2) is 0 Å². The van der Waals surface area contributed by atoms with Crippen molar-refractivity contribution in [2.24, 2.45) is 0 Å². The molecule has 6 nitrogen and oxygen atoms in total. The van der Waals surface area contributed by atoms with Crippen LogP contribution < -0.4 is 10.6 Å². The first-order valence-electron chi connectivity index (χ1n) is 10.0. The topological polar surface area (TPSA) is 84.5 Å². The minimum Gasteiger partial charge on any atom is -0.447 e. The Labute approximate surface area is 181 Å². The number of benzene rings is 3. The first-order chi connectivity index (χ1) is 15.1. The van der Waals surface area contributed by atoms with E-state index in [9.17, 15) is 14.4 Å². The number of hydrogen-bond acceptors (Lipinski definition) is 4. The standard InChI is InChI=1S/C25H24N2O4/c1-2-26-25(30)27-23(28)22(20-16-10-5-11-17-20)31-24(29)21(18-12-6-3-7-13-18)19-14-8-4-9-15-19/h3-17,21-22H,2H2,1H3,(H2,26,27,28,30)/t22-/m0/s1. The van der Waals surface area contributed by atoms with Crippen molar-refractivity contribution in [1.82, 2.24) is 10.6 Å². The molecule has 0 spiro atoms. The lowest BCUT2D eigenvalue weighted by Gasteiger charge is -2.22. The van der Waals surface area contributed by atoms with Crippen LogP contribution in [0.2, 0.25) is 0 Å². The quantitative estimate of drug-likeness (QED) is 0.571. The van der Waals surface area contributed by atoms with Crippen molar-refractivity contribution in [2.75, 3.05) is 6.54 Å². The lowest BCUT2D eigenvalue weighted by atomic mass is 9.91. The Morgan fingerprint density at radius 2 is 1.19 bits per heavy atom. The fourth-order valence-corrected chi connectivity index (χ4v) is 3.22. The molecule has 0 bridgehead atoms. The lowest BCUT2D eigenvalue weighted by Crippen LogP contribution is -2.42. The van der Waals surface area contributed by atoms with Crippen molar-refractivity contribution in [1.29, 1.82) is 0 Å². The minimum absolute atomic E-state index is 0.360. The van der Waals surface area contributed by atoms with Crippen LogP contribution in [0, 0.1) is 0 Å². The highest BCUT2D eigenvalue weighted by Gasteiger charge is 2.31. The molecule has 3 rings (SSSR count). The van der Waals surface area contributed by atoms with Gasteiger partial charge in [-0.15, -0.1) is 0 Å². The first-order valence-corrected chi connectivity index (χ1v) is 10.0. The molecule has 0 fully saturated rings. The van der Waals surface area contributed by atoms with E-state index >= 15 is 0 Å². The van der Waals surface area contributed by atoms with E-state index in [1.807, 2.05) is 60.7 Å². The van der Waals surface area contributed by atoms with Crippen LogP contribution in [0.3, 0.4) is 0 Å². The van der Waals surface area contributed by atoms with Crippen LogP contribution in [0.4, 0.5) is 4.79 Å². The summed E-state index contributed by atoms with van der Waals surface area (Å²) in [6.07, 6.45) is -1.27. The molecule has 6 heteroatoms. The van der Waals surface area contributed by atoms with Crippen LogP contribution in [-0.4, -0.2) is 24.5 Å². The van der Waals surface area contributed by atoms with E-state index in [1.165, 1.54) is 0 Å². The van der Waals surface area contributed by atoms with Gasteiger partial charge in [-0.2, -0.15) is 0 Å². The maximum atomic E-state index is 13.3. The summed E-state index contributed by atoms with van der Waals surface area (Å²) < 4.78 is 5.72. The van der Waals surface area contributed by atoms with Gasteiger partial charge in [-0.25, -0.2) is 4.79 Å². The fraction of sp³-hybridized carbons (Fsp3) is 0.160. The van der Waals surface area contributed by atoms with Gasteiger partial charge in [0.25, 0.3) is 5.91 Å². The van der Waals surface area contributed by atoms with Gasteiger partial charge < -0.3 is 10.1 Å². The number of hydrogen-bond donors (Lipinski definition) is 2. The molecule has 0 aliphatic heterocycles. The summed E-state index contributed by atoms with van der Waals surface area (Å²) >= 11 is 0. The van der Waals surface area contributed by atoms with Gasteiger partial charge in [0, 0.05) is 12.1 Å². The molecular weight excluding hydrogens is 392 g/mol. The van der Waals surface area contributed by atoms with Crippen molar-refractivity contribution in [3.05, 3.63) is 108 Å². The Bertz CT molecular complexity index is 968. The average Bonchev–Trinajstić information content (AvgIpc) is 2.80. The average molecular weight is 416 g/mol. The Morgan fingerprint density at radius 1 is 0.742 bits per heavy atom. The summed E-state index contributed by atoms with van der Waals surface area (Å²) in [5, 5.41) is 4.74. The normalized spacial score (nSPS) is 11.4. The maximum Gasteiger partial charge on any atom is 0.321 e. The number of urea groups is 1.